The first-order valence-electron chi connectivity index (χ1n) is 6.40. The van der Waals surface area contributed by atoms with Crippen LogP contribution in [0.5, 0.6) is 5.75 Å². The molecule has 106 valence electrons. The Morgan fingerprint density at radius 3 is 2.42 bits per heavy atom. The Bertz CT molecular complexity index is 455. The molecule has 0 N–H and O–H groups in total. The summed E-state index contributed by atoms with van der Waals surface area (Å²) < 4.78 is 10.6. The molecule has 0 aliphatic carbocycles. The number of carbonyl (C=O) groups excluding carboxylic acids is 1. The van der Waals surface area contributed by atoms with Gasteiger partial charge in [0.2, 0.25) is 0 Å². The zero-order valence-electron chi connectivity index (χ0n) is 12.6. The number of benzene rings is 1. The molecule has 1 unspecified atom stereocenters. The number of esters is 1. The van der Waals surface area contributed by atoms with Crippen LogP contribution in [0.25, 0.3) is 0 Å². The first-order chi connectivity index (χ1) is 8.92. The first-order valence-corrected chi connectivity index (χ1v) is 6.40. The minimum Gasteiger partial charge on any atom is -0.496 e. The van der Waals surface area contributed by atoms with Gasteiger partial charge in [0, 0.05) is 5.56 Å². The SMILES string of the molecule is CCOC(=O)C(c1c(C)cc(C)cc1OC)N(C)C. The maximum absolute atomic E-state index is 12.2. The minimum atomic E-state index is -0.449. The van der Waals surface area contributed by atoms with Crippen LogP contribution in [0.4, 0.5) is 0 Å². The number of ether oxygens (including phenoxy) is 2. The van der Waals surface area contributed by atoms with E-state index in [1.807, 2.05) is 51.9 Å². The van der Waals surface area contributed by atoms with Crippen LogP contribution >= 0.6 is 0 Å². The van der Waals surface area contributed by atoms with Crippen molar-refractivity contribution >= 4 is 5.97 Å². The van der Waals surface area contributed by atoms with Crippen molar-refractivity contribution in [2.24, 2.45) is 0 Å². The second-order valence-corrected chi connectivity index (χ2v) is 4.82. The van der Waals surface area contributed by atoms with Crippen molar-refractivity contribution in [3.8, 4) is 5.75 Å². The van der Waals surface area contributed by atoms with Crippen molar-refractivity contribution < 1.29 is 14.3 Å². The summed E-state index contributed by atoms with van der Waals surface area (Å²) in [6.07, 6.45) is 0. The highest BCUT2D eigenvalue weighted by molar-refractivity contribution is 5.79. The molecular weight excluding hydrogens is 242 g/mol. The van der Waals surface area contributed by atoms with E-state index in [1.54, 1.807) is 7.11 Å². The average Bonchev–Trinajstić information content (AvgIpc) is 2.31. The Morgan fingerprint density at radius 1 is 1.32 bits per heavy atom. The van der Waals surface area contributed by atoms with Gasteiger partial charge in [-0.2, -0.15) is 0 Å². The maximum Gasteiger partial charge on any atom is 0.328 e. The van der Waals surface area contributed by atoms with E-state index in [-0.39, 0.29) is 5.97 Å². The summed E-state index contributed by atoms with van der Waals surface area (Å²) in [5.74, 6) is 0.474. The van der Waals surface area contributed by atoms with Crippen LogP contribution in [-0.4, -0.2) is 38.7 Å². The summed E-state index contributed by atoms with van der Waals surface area (Å²) >= 11 is 0. The molecule has 1 atom stereocenters. The summed E-state index contributed by atoms with van der Waals surface area (Å²) in [6, 6.07) is 3.54. The number of carbonyl (C=O) groups is 1. The fourth-order valence-corrected chi connectivity index (χ4v) is 2.27. The fourth-order valence-electron chi connectivity index (χ4n) is 2.27. The monoisotopic (exact) mass is 265 g/mol. The molecule has 0 aliphatic rings. The van der Waals surface area contributed by atoms with Crippen molar-refractivity contribution in [1.29, 1.82) is 0 Å². The summed E-state index contributed by atoms with van der Waals surface area (Å²) in [5.41, 5.74) is 3.01. The Morgan fingerprint density at radius 2 is 1.95 bits per heavy atom. The van der Waals surface area contributed by atoms with Gasteiger partial charge in [-0.15, -0.1) is 0 Å². The van der Waals surface area contributed by atoms with Gasteiger partial charge in [-0.3, -0.25) is 4.90 Å². The van der Waals surface area contributed by atoms with Gasteiger partial charge in [0.15, 0.2) is 0 Å². The zero-order valence-corrected chi connectivity index (χ0v) is 12.6. The van der Waals surface area contributed by atoms with Gasteiger partial charge < -0.3 is 9.47 Å². The fraction of sp³-hybridized carbons (Fsp3) is 0.533. The number of likely N-dealkylation sites (N-methyl/N-ethyl adjacent to an activating group) is 1. The molecule has 1 rings (SSSR count). The van der Waals surface area contributed by atoms with Crippen LogP contribution in [0.2, 0.25) is 0 Å². The van der Waals surface area contributed by atoms with Gasteiger partial charge in [-0.05, 0) is 52.1 Å². The molecule has 0 aliphatic heterocycles. The number of nitrogens with zero attached hydrogens (tertiary/aromatic N) is 1. The van der Waals surface area contributed by atoms with Crippen molar-refractivity contribution in [1.82, 2.24) is 4.90 Å². The first kappa shape index (κ1) is 15.5. The number of rotatable bonds is 5. The molecule has 0 saturated carbocycles. The van der Waals surface area contributed by atoms with Crippen molar-refractivity contribution in [3.05, 3.63) is 28.8 Å². The minimum absolute atomic E-state index is 0.252. The van der Waals surface area contributed by atoms with Crippen LogP contribution in [0, 0.1) is 13.8 Å². The Labute approximate surface area is 115 Å². The maximum atomic E-state index is 12.2. The second-order valence-electron chi connectivity index (χ2n) is 4.82. The Hall–Kier alpha value is -1.55. The lowest BCUT2D eigenvalue weighted by molar-refractivity contribution is -0.148. The van der Waals surface area contributed by atoms with Gasteiger partial charge in [-0.1, -0.05) is 6.07 Å². The van der Waals surface area contributed by atoms with Crippen molar-refractivity contribution in [3.63, 3.8) is 0 Å². The Balaban J connectivity index is 3.34. The zero-order chi connectivity index (χ0) is 14.6. The topological polar surface area (TPSA) is 38.8 Å². The quantitative estimate of drug-likeness (QED) is 0.767. The lowest BCUT2D eigenvalue weighted by atomic mass is 9.97. The van der Waals surface area contributed by atoms with Gasteiger partial charge in [0.05, 0.1) is 13.7 Å². The predicted molar refractivity (Wildman–Crippen MR) is 75.5 cm³/mol. The van der Waals surface area contributed by atoms with Gasteiger partial charge in [-0.25, -0.2) is 4.79 Å². The van der Waals surface area contributed by atoms with Crippen LogP contribution in [0.3, 0.4) is 0 Å². The van der Waals surface area contributed by atoms with Crippen LogP contribution in [0.15, 0.2) is 12.1 Å². The van der Waals surface area contributed by atoms with Crippen LogP contribution in [-0.2, 0) is 9.53 Å². The molecule has 1 aromatic rings. The van der Waals surface area contributed by atoms with Gasteiger partial charge in [0.25, 0.3) is 0 Å². The highest BCUT2D eigenvalue weighted by atomic mass is 16.5. The van der Waals surface area contributed by atoms with E-state index in [9.17, 15) is 4.79 Å². The van der Waals surface area contributed by atoms with Crippen molar-refractivity contribution in [2.45, 2.75) is 26.8 Å². The van der Waals surface area contributed by atoms with Crippen LogP contribution in [0.1, 0.15) is 29.7 Å². The third-order valence-corrected chi connectivity index (χ3v) is 3.01. The number of hydrogen-bond donors (Lipinski definition) is 0. The molecule has 0 fully saturated rings. The number of hydrogen-bond acceptors (Lipinski definition) is 4. The molecule has 4 heteroatoms. The molecule has 4 nitrogen and oxygen atoms in total. The van der Waals surface area contributed by atoms with E-state index in [0.717, 1.165) is 22.4 Å². The lowest BCUT2D eigenvalue weighted by Crippen LogP contribution is -2.30. The summed E-state index contributed by atoms with van der Waals surface area (Å²) in [5, 5.41) is 0. The van der Waals surface area contributed by atoms with Crippen LogP contribution < -0.4 is 4.74 Å². The summed E-state index contributed by atoms with van der Waals surface area (Å²) in [4.78, 5) is 14.0. The Kier molecular flexibility index (Phi) is 5.36. The van der Waals surface area contributed by atoms with Crippen molar-refractivity contribution in [2.75, 3.05) is 27.8 Å². The molecule has 0 bridgehead atoms. The molecule has 0 radical (unpaired) electrons. The predicted octanol–water partition coefficient (Wildman–Crippen LogP) is 2.48. The van der Waals surface area contributed by atoms with Gasteiger partial charge in [0.1, 0.15) is 11.8 Å². The second kappa shape index (κ2) is 6.57. The highest BCUT2D eigenvalue weighted by Gasteiger charge is 2.29. The van der Waals surface area contributed by atoms with E-state index >= 15 is 0 Å². The third kappa shape index (κ3) is 3.47. The third-order valence-electron chi connectivity index (χ3n) is 3.01. The largest absolute Gasteiger partial charge is 0.496 e. The number of methoxy groups -OCH3 is 1. The molecule has 0 spiro atoms. The summed E-state index contributed by atoms with van der Waals surface area (Å²) in [6.45, 7) is 6.18. The lowest BCUT2D eigenvalue weighted by Gasteiger charge is -2.26. The standard InChI is InChI=1S/C15H23NO3/c1-7-19-15(17)14(16(4)5)13-11(3)8-10(2)9-12(13)18-6/h8-9,14H,7H2,1-6H3. The number of aryl methyl sites for hydroxylation is 2. The molecule has 19 heavy (non-hydrogen) atoms. The van der Waals surface area contributed by atoms with E-state index in [4.69, 9.17) is 9.47 Å². The molecule has 0 saturated heterocycles. The molecule has 0 amide bonds. The normalized spacial score (nSPS) is 12.4. The molecule has 1 aromatic carbocycles. The average molecular weight is 265 g/mol. The van der Waals surface area contributed by atoms with E-state index in [2.05, 4.69) is 0 Å². The summed E-state index contributed by atoms with van der Waals surface area (Å²) in [7, 11) is 5.34. The molecule has 0 heterocycles. The van der Waals surface area contributed by atoms with E-state index < -0.39 is 6.04 Å². The molecular formula is C15H23NO3. The van der Waals surface area contributed by atoms with Gasteiger partial charge >= 0.3 is 5.97 Å². The smallest absolute Gasteiger partial charge is 0.328 e. The highest BCUT2D eigenvalue weighted by Crippen LogP contribution is 2.33. The van der Waals surface area contributed by atoms with E-state index in [1.165, 1.54) is 0 Å². The van der Waals surface area contributed by atoms with E-state index in [0.29, 0.717) is 6.61 Å². The molecule has 0 aromatic heterocycles.